The fraction of sp³-hybridized carbons (Fsp3) is 0.741. The van der Waals surface area contributed by atoms with Gasteiger partial charge in [-0.2, -0.15) is 0 Å². The smallest absolute Gasteiger partial charge is 0.338 e. The third-order valence-electron chi connectivity index (χ3n) is 8.58. The van der Waals surface area contributed by atoms with Crippen LogP contribution in [0.3, 0.4) is 0 Å². The van der Waals surface area contributed by atoms with Crippen molar-refractivity contribution in [3.05, 3.63) is 35.9 Å². The van der Waals surface area contributed by atoms with Crippen LogP contribution in [0, 0.1) is 0 Å². The summed E-state index contributed by atoms with van der Waals surface area (Å²) in [5.41, 5.74) is -0.0747. The predicted octanol–water partition coefficient (Wildman–Crippen LogP) is 6.18. The summed E-state index contributed by atoms with van der Waals surface area (Å²) in [5, 5.41) is 0.0884. The quantitative estimate of drug-likeness (QED) is 0.231. The minimum absolute atomic E-state index is 0.0375. The predicted molar refractivity (Wildman–Crippen MR) is 144 cm³/mol. The minimum atomic E-state index is -2.13. The first-order valence-corrected chi connectivity index (χ1v) is 18.5. The SMILES string of the molecule is CO[C@@H]1[C@H](O[Si](C)(C)C(C)(C)C)C2OC2(COC(=O)c2ccccc2)C[C@H]1O[Si](C)(C)C(C)(C)C. The van der Waals surface area contributed by atoms with Gasteiger partial charge >= 0.3 is 5.97 Å². The molecule has 5 atom stereocenters. The summed E-state index contributed by atoms with van der Waals surface area (Å²) in [7, 11) is -2.50. The molecule has 2 aliphatic rings. The van der Waals surface area contributed by atoms with Crippen LogP contribution in [0.25, 0.3) is 0 Å². The maximum absolute atomic E-state index is 12.7. The van der Waals surface area contributed by atoms with Crippen LogP contribution in [-0.2, 0) is 23.1 Å². The molecule has 1 saturated heterocycles. The molecule has 1 aromatic rings. The van der Waals surface area contributed by atoms with E-state index in [9.17, 15) is 4.79 Å². The second kappa shape index (κ2) is 9.69. The van der Waals surface area contributed by atoms with Crippen molar-refractivity contribution in [3.8, 4) is 0 Å². The van der Waals surface area contributed by atoms with Gasteiger partial charge in [-0.15, -0.1) is 0 Å². The van der Waals surface area contributed by atoms with E-state index in [0.29, 0.717) is 12.0 Å². The maximum Gasteiger partial charge on any atom is 0.338 e. The number of hydrogen-bond acceptors (Lipinski definition) is 6. The molecule has 2 fully saturated rings. The molecule has 1 aromatic carbocycles. The zero-order chi connectivity index (χ0) is 26.4. The van der Waals surface area contributed by atoms with Gasteiger partial charge < -0.3 is 23.1 Å². The lowest BCUT2D eigenvalue weighted by Crippen LogP contribution is -2.60. The van der Waals surface area contributed by atoms with E-state index in [1.54, 1.807) is 19.2 Å². The van der Waals surface area contributed by atoms with E-state index >= 15 is 0 Å². The molecule has 1 aliphatic carbocycles. The van der Waals surface area contributed by atoms with E-state index in [1.807, 2.05) is 18.2 Å². The van der Waals surface area contributed by atoms with Gasteiger partial charge in [0.2, 0.25) is 0 Å². The molecule has 0 radical (unpaired) electrons. The zero-order valence-electron chi connectivity index (χ0n) is 23.6. The summed E-state index contributed by atoms with van der Waals surface area (Å²) in [5.74, 6) is -0.341. The Morgan fingerprint density at radius 1 is 0.943 bits per heavy atom. The Labute approximate surface area is 214 Å². The van der Waals surface area contributed by atoms with Gasteiger partial charge in [0, 0.05) is 13.5 Å². The Hall–Kier alpha value is -1.04. The van der Waals surface area contributed by atoms with E-state index in [1.165, 1.54) is 0 Å². The first kappa shape index (κ1) is 28.5. The number of carbonyl (C=O) groups excluding carboxylic acids is 1. The van der Waals surface area contributed by atoms with Gasteiger partial charge in [0.15, 0.2) is 16.6 Å². The molecule has 2 unspecified atom stereocenters. The minimum Gasteiger partial charge on any atom is -0.459 e. The van der Waals surface area contributed by atoms with Crippen LogP contribution in [0.15, 0.2) is 30.3 Å². The molecule has 6 nitrogen and oxygen atoms in total. The van der Waals surface area contributed by atoms with Crippen molar-refractivity contribution in [2.24, 2.45) is 0 Å². The van der Waals surface area contributed by atoms with Crippen molar-refractivity contribution < 1.29 is 27.9 Å². The lowest BCUT2D eigenvalue weighted by Gasteiger charge is -2.47. The molecule has 3 rings (SSSR count). The topological polar surface area (TPSA) is 66.5 Å². The fourth-order valence-corrected chi connectivity index (χ4v) is 6.83. The number of rotatable bonds is 8. The van der Waals surface area contributed by atoms with Gasteiger partial charge in [0.25, 0.3) is 0 Å². The first-order valence-electron chi connectivity index (χ1n) is 12.7. The van der Waals surface area contributed by atoms with Crippen molar-refractivity contribution in [3.63, 3.8) is 0 Å². The van der Waals surface area contributed by atoms with Gasteiger partial charge in [-0.1, -0.05) is 59.7 Å². The third-order valence-corrected chi connectivity index (χ3v) is 17.6. The first-order chi connectivity index (χ1) is 15.9. The van der Waals surface area contributed by atoms with Crippen LogP contribution in [0.4, 0.5) is 0 Å². The molecule has 0 N–H and O–H groups in total. The Morgan fingerprint density at radius 3 is 2.00 bits per heavy atom. The summed E-state index contributed by atoms with van der Waals surface area (Å²) in [6.45, 7) is 22.6. The number of hydrogen-bond donors (Lipinski definition) is 0. The lowest BCUT2D eigenvalue weighted by atomic mass is 9.83. The number of ether oxygens (including phenoxy) is 3. The van der Waals surface area contributed by atoms with Crippen LogP contribution < -0.4 is 0 Å². The number of benzene rings is 1. The molecule has 0 bridgehead atoms. The molecule has 198 valence electrons. The van der Waals surface area contributed by atoms with E-state index in [4.69, 9.17) is 23.1 Å². The third kappa shape index (κ3) is 5.94. The average Bonchev–Trinajstić information content (AvgIpc) is 3.45. The summed E-state index contributed by atoms with van der Waals surface area (Å²) >= 11 is 0. The second-order valence-electron chi connectivity index (χ2n) is 13.2. The molecule has 0 aromatic heterocycles. The highest BCUT2D eigenvalue weighted by Crippen LogP contribution is 2.53. The van der Waals surface area contributed by atoms with Crippen molar-refractivity contribution in [2.45, 2.75) is 114 Å². The molecule has 1 heterocycles. The van der Waals surface area contributed by atoms with Gasteiger partial charge in [0.1, 0.15) is 30.5 Å². The van der Waals surface area contributed by atoms with Crippen LogP contribution in [0.5, 0.6) is 0 Å². The normalized spacial score (nSPS) is 29.5. The fourth-order valence-electron chi connectivity index (χ4n) is 4.21. The lowest BCUT2D eigenvalue weighted by molar-refractivity contribution is -0.0949. The second-order valence-corrected chi connectivity index (χ2v) is 22.7. The monoisotopic (exact) mass is 522 g/mol. The number of methoxy groups -OCH3 is 1. The van der Waals surface area contributed by atoms with Crippen LogP contribution in [0.1, 0.15) is 58.3 Å². The molecule has 0 spiro atoms. The van der Waals surface area contributed by atoms with Crippen LogP contribution in [-0.4, -0.2) is 66.3 Å². The molecule has 8 heteroatoms. The van der Waals surface area contributed by atoms with Crippen LogP contribution >= 0.6 is 0 Å². The van der Waals surface area contributed by atoms with E-state index in [0.717, 1.165) is 0 Å². The molecule has 1 aliphatic heterocycles. The molecule has 1 saturated carbocycles. The van der Waals surface area contributed by atoms with E-state index in [-0.39, 0.29) is 47.1 Å². The Kier molecular flexibility index (Phi) is 7.90. The van der Waals surface area contributed by atoms with E-state index < -0.39 is 22.2 Å². The summed E-state index contributed by atoms with van der Waals surface area (Å²) in [4.78, 5) is 12.7. The summed E-state index contributed by atoms with van der Waals surface area (Å²) in [6.07, 6.45) is -0.306. The van der Waals surface area contributed by atoms with Crippen molar-refractivity contribution in [2.75, 3.05) is 13.7 Å². The number of fused-ring (bicyclic) bond motifs is 1. The standard InChI is InChI=1S/C27H46O6Si2/c1-25(2,3)34(8,9)32-20-17-27(18-30-24(28)19-15-13-12-14-16-19)23(31-27)22(21(20)29-7)33-35(10,11)26(4,5)6/h12-16,20-23H,17-18H2,1-11H3/t20-,21+,22+,23?,27?/m1/s1. The number of esters is 1. The molecular weight excluding hydrogens is 476 g/mol. The molecule has 0 amide bonds. The Morgan fingerprint density at radius 2 is 1.49 bits per heavy atom. The summed E-state index contributed by atoms with van der Waals surface area (Å²) < 4.78 is 32.1. The maximum atomic E-state index is 12.7. The number of epoxide rings is 1. The zero-order valence-corrected chi connectivity index (χ0v) is 25.6. The Bertz CT molecular complexity index is 889. The average molecular weight is 523 g/mol. The van der Waals surface area contributed by atoms with Crippen molar-refractivity contribution in [1.82, 2.24) is 0 Å². The highest BCUT2D eigenvalue weighted by Gasteiger charge is 2.69. The van der Waals surface area contributed by atoms with E-state index in [2.05, 4.69) is 67.7 Å². The largest absolute Gasteiger partial charge is 0.459 e. The van der Waals surface area contributed by atoms with Crippen LogP contribution in [0.2, 0.25) is 36.3 Å². The van der Waals surface area contributed by atoms with Gasteiger partial charge in [-0.3, -0.25) is 0 Å². The highest BCUT2D eigenvalue weighted by molar-refractivity contribution is 6.74. The van der Waals surface area contributed by atoms with Gasteiger partial charge in [-0.05, 0) is 48.4 Å². The van der Waals surface area contributed by atoms with Crippen molar-refractivity contribution in [1.29, 1.82) is 0 Å². The highest BCUT2D eigenvalue weighted by atomic mass is 28.4. The molecular formula is C27H46O6Si2. The Balaban J connectivity index is 1.88. The number of carbonyl (C=O) groups is 1. The van der Waals surface area contributed by atoms with Crippen molar-refractivity contribution >= 4 is 22.6 Å². The van der Waals surface area contributed by atoms with Gasteiger partial charge in [-0.25, -0.2) is 4.79 Å². The van der Waals surface area contributed by atoms with Gasteiger partial charge in [0.05, 0.1) is 11.7 Å². The summed E-state index contributed by atoms with van der Waals surface area (Å²) in [6, 6.07) is 9.08. The molecule has 35 heavy (non-hydrogen) atoms.